The lowest BCUT2D eigenvalue weighted by atomic mass is 10.1. The first-order valence-corrected chi connectivity index (χ1v) is 14.8. The van der Waals surface area contributed by atoms with Crippen LogP contribution in [0.3, 0.4) is 0 Å². The summed E-state index contributed by atoms with van der Waals surface area (Å²) >= 11 is 1.26. The summed E-state index contributed by atoms with van der Waals surface area (Å²) < 4.78 is 4.77. The third-order valence-electron chi connectivity index (χ3n) is 6.70. The number of amides is 4. The van der Waals surface area contributed by atoms with Crippen LogP contribution in [-0.4, -0.2) is 79.4 Å². The van der Waals surface area contributed by atoms with Gasteiger partial charge in [0.15, 0.2) is 11.0 Å². The maximum atomic E-state index is 13.2. The zero-order chi connectivity index (χ0) is 32.1. The van der Waals surface area contributed by atoms with Gasteiger partial charge >= 0.3 is 0 Å². The maximum absolute atomic E-state index is 13.2. The van der Waals surface area contributed by atoms with E-state index in [0.717, 1.165) is 17.8 Å². The molecule has 4 N–H and O–H groups in total. The number of imidazole rings is 1. The minimum absolute atomic E-state index is 0.0405. The number of aromatic nitrogens is 5. The van der Waals surface area contributed by atoms with Crippen LogP contribution in [-0.2, 0) is 21.1 Å². The summed E-state index contributed by atoms with van der Waals surface area (Å²) in [5, 5.41) is 11.6. The normalized spacial score (nSPS) is 11.2. The molecule has 0 unspecified atom stereocenters. The highest BCUT2D eigenvalue weighted by molar-refractivity contribution is 7.16. The van der Waals surface area contributed by atoms with Crippen molar-refractivity contribution in [1.29, 1.82) is 0 Å². The molecule has 4 aromatic heterocycles. The standard InChI is InChI=1S/C29H38N10O4S/c1-17(2)23-22(27(42)31-9-8-11-36(3)4)34-29(44-23)35-26(41)21-13-18(15-39(21)7)32-25(40)20-14-19(16-38(20)6)33-28(43)24-30-10-12-37(24)5/h10,12-17H,8-9,11H2,1-7H3,(H,31,42)(H,32,40)(H,33,43)(H,34,35,41). The third kappa shape index (κ3) is 7.60. The van der Waals surface area contributed by atoms with Crippen molar-refractivity contribution in [1.82, 2.24) is 33.9 Å². The van der Waals surface area contributed by atoms with Crippen molar-refractivity contribution in [2.24, 2.45) is 21.1 Å². The van der Waals surface area contributed by atoms with E-state index in [-0.39, 0.29) is 23.3 Å². The molecule has 44 heavy (non-hydrogen) atoms. The molecule has 0 aliphatic heterocycles. The van der Waals surface area contributed by atoms with Gasteiger partial charge in [-0.25, -0.2) is 9.97 Å². The van der Waals surface area contributed by atoms with Gasteiger partial charge in [0.1, 0.15) is 17.1 Å². The van der Waals surface area contributed by atoms with E-state index in [0.29, 0.717) is 34.4 Å². The van der Waals surface area contributed by atoms with Gasteiger partial charge in [-0.2, -0.15) is 0 Å². The Hall–Kier alpha value is -4.76. The topological polar surface area (TPSA) is 160 Å². The van der Waals surface area contributed by atoms with Crippen LogP contribution < -0.4 is 21.3 Å². The molecule has 0 aliphatic rings. The first-order valence-electron chi connectivity index (χ1n) is 14.0. The Bertz CT molecular complexity index is 1680. The van der Waals surface area contributed by atoms with Crippen LogP contribution in [0.1, 0.15) is 73.1 Å². The average Bonchev–Trinajstić information content (AvgIpc) is 3.73. The first-order chi connectivity index (χ1) is 20.8. The second-order valence-electron chi connectivity index (χ2n) is 11.0. The van der Waals surface area contributed by atoms with Gasteiger partial charge < -0.3 is 34.6 Å². The Morgan fingerprint density at radius 3 is 2.00 bits per heavy atom. The lowest BCUT2D eigenvalue weighted by molar-refractivity contribution is 0.0944. The van der Waals surface area contributed by atoms with E-state index >= 15 is 0 Å². The van der Waals surface area contributed by atoms with Crippen LogP contribution in [0.25, 0.3) is 0 Å². The van der Waals surface area contributed by atoms with Crippen molar-refractivity contribution < 1.29 is 19.2 Å². The van der Waals surface area contributed by atoms with Gasteiger partial charge in [-0.3, -0.25) is 24.5 Å². The molecule has 4 rings (SSSR count). The maximum Gasteiger partial charge on any atom is 0.291 e. The van der Waals surface area contributed by atoms with Crippen LogP contribution in [0.2, 0.25) is 0 Å². The number of hydrogen-bond donors (Lipinski definition) is 4. The number of aryl methyl sites for hydroxylation is 3. The molecule has 0 saturated carbocycles. The summed E-state index contributed by atoms with van der Waals surface area (Å²) in [7, 11) is 9.04. The highest BCUT2D eigenvalue weighted by Crippen LogP contribution is 2.30. The summed E-state index contributed by atoms with van der Waals surface area (Å²) in [6.45, 7) is 5.32. The zero-order valence-electron chi connectivity index (χ0n) is 25.9. The number of thiazole rings is 1. The van der Waals surface area contributed by atoms with Crippen molar-refractivity contribution >= 4 is 51.5 Å². The van der Waals surface area contributed by atoms with Crippen LogP contribution in [0.15, 0.2) is 36.9 Å². The number of anilines is 3. The van der Waals surface area contributed by atoms with Crippen molar-refractivity contribution in [3.63, 3.8) is 0 Å². The Morgan fingerprint density at radius 1 is 0.864 bits per heavy atom. The second-order valence-corrected chi connectivity index (χ2v) is 12.0. The molecule has 0 saturated heterocycles. The van der Waals surface area contributed by atoms with E-state index < -0.39 is 17.7 Å². The zero-order valence-corrected chi connectivity index (χ0v) is 26.7. The molecule has 0 spiro atoms. The van der Waals surface area contributed by atoms with E-state index in [2.05, 4.69) is 31.2 Å². The van der Waals surface area contributed by atoms with Crippen LogP contribution in [0.5, 0.6) is 0 Å². The number of rotatable bonds is 12. The van der Waals surface area contributed by atoms with Gasteiger partial charge in [0.05, 0.1) is 11.4 Å². The Balaban J connectivity index is 1.41. The molecule has 0 aromatic carbocycles. The lowest BCUT2D eigenvalue weighted by Gasteiger charge is -2.10. The van der Waals surface area contributed by atoms with Crippen LogP contribution in [0.4, 0.5) is 16.5 Å². The Labute approximate surface area is 259 Å². The molecule has 4 heterocycles. The summed E-state index contributed by atoms with van der Waals surface area (Å²) in [6.07, 6.45) is 7.24. The van der Waals surface area contributed by atoms with E-state index in [1.807, 2.05) is 32.8 Å². The van der Waals surface area contributed by atoms with Gasteiger partial charge in [-0.05, 0) is 45.1 Å². The quantitative estimate of drug-likeness (QED) is 0.177. The number of nitrogens with zero attached hydrogens (tertiary/aromatic N) is 6. The highest BCUT2D eigenvalue weighted by atomic mass is 32.1. The summed E-state index contributed by atoms with van der Waals surface area (Å²) in [6, 6.07) is 3.10. The molecular weight excluding hydrogens is 584 g/mol. The number of carbonyl (C=O) groups is 4. The summed E-state index contributed by atoms with van der Waals surface area (Å²) in [4.78, 5) is 62.9. The molecule has 0 radical (unpaired) electrons. The SMILES string of the molecule is CC(C)c1sc(NC(=O)c2cc(NC(=O)c3cc(NC(=O)c4nccn4C)cn3C)cn2C)nc1C(=O)NCCCN(C)C. The van der Waals surface area contributed by atoms with Gasteiger partial charge in [0.25, 0.3) is 23.6 Å². The molecule has 15 heteroatoms. The van der Waals surface area contributed by atoms with E-state index in [4.69, 9.17) is 0 Å². The lowest BCUT2D eigenvalue weighted by Crippen LogP contribution is -2.28. The molecule has 0 atom stereocenters. The molecule has 0 bridgehead atoms. The molecule has 0 fully saturated rings. The van der Waals surface area contributed by atoms with Crippen LogP contribution in [0, 0.1) is 0 Å². The first kappa shape index (κ1) is 32.2. The predicted molar refractivity (Wildman–Crippen MR) is 170 cm³/mol. The fourth-order valence-electron chi connectivity index (χ4n) is 4.47. The third-order valence-corrected chi connectivity index (χ3v) is 7.97. The van der Waals surface area contributed by atoms with Crippen LogP contribution >= 0.6 is 11.3 Å². The Morgan fingerprint density at radius 2 is 1.45 bits per heavy atom. The fourth-order valence-corrected chi connectivity index (χ4v) is 5.42. The number of carbonyl (C=O) groups excluding carboxylic acids is 4. The van der Waals surface area contributed by atoms with Gasteiger partial charge in [0, 0.05) is 57.4 Å². The monoisotopic (exact) mass is 622 g/mol. The predicted octanol–water partition coefficient (Wildman–Crippen LogP) is 3.12. The minimum Gasteiger partial charge on any atom is -0.351 e. The van der Waals surface area contributed by atoms with Crippen molar-refractivity contribution in [2.45, 2.75) is 26.2 Å². The molecule has 0 aliphatic carbocycles. The smallest absolute Gasteiger partial charge is 0.291 e. The molecule has 4 aromatic rings. The molecule has 4 amide bonds. The fraction of sp³-hybridized carbons (Fsp3) is 0.379. The van der Waals surface area contributed by atoms with Crippen molar-refractivity contribution in [3.05, 3.63) is 64.7 Å². The number of nitrogens with one attached hydrogen (secondary N) is 4. The van der Waals surface area contributed by atoms with E-state index in [1.54, 1.807) is 65.6 Å². The van der Waals surface area contributed by atoms with Crippen molar-refractivity contribution in [3.8, 4) is 0 Å². The minimum atomic E-state index is -0.437. The molecule has 234 valence electrons. The van der Waals surface area contributed by atoms with Gasteiger partial charge in [-0.15, -0.1) is 11.3 Å². The highest BCUT2D eigenvalue weighted by Gasteiger charge is 2.23. The van der Waals surface area contributed by atoms with E-state index in [1.165, 1.54) is 17.5 Å². The molecule has 14 nitrogen and oxygen atoms in total. The van der Waals surface area contributed by atoms with Gasteiger partial charge in [-0.1, -0.05) is 13.8 Å². The summed E-state index contributed by atoms with van der Waals surface area (Å²) in [5.74, 6) is -1.25. The van der Waals surface area contributed by atoms with E-state index in [9.17, 15) is 19.2 Å². The average molecular weight is 623 g/mol. The largest absolute Gasteiger partial charge is 0.351 e. The Kier molecular flexibility index (Phi) is 10.0. The van der Waals surface area contributed by atoms with Crippen molar-refractivity contribution in [2.75, 3.05) is 43.1 Å². The summed E-state index contributed by atoms with van der Waals surface area (Å²) in [5.41, 5.74) is 1.73. The van der Waals surface area contributed by atoms with Gasteiger partial charge in [0.2, 0.25) is 0 Å². The molecular formula is C29H38N10O4S. The number of hydrogen-bond acceptors (Lipinski definition) is 8. The second kappa shape index (κ2) is 13.7.